The highest BCUT2D eigenvalue weighted by Gasteiger charge is 2.44. The predicted molar refractivity (Wildman–Crippen MR) is 62.3 cm³/mol. The lowest BCUT2D eigenvalue weighted by atomic mass is 9.84. The third kappa shape index (κ3) is 3.16. The molecule has 0 aromatic carbocycles. The highest BCUT2D eigenvalue weighted by atomic mass is 31.2. The molecule has 1 fully saturated rings. The van der Waals surface area contributed by atoms with Crippen LogP contribution in [0.4, 0.5) is 0 Å². The zero-order chi connectivity index (χ0) is 12.4. The standard InChI is InChI=1S/C11H21O4P/c1-11(2,16(13,14)15)10(12)8-9-6-4-3-5-7-9/h9H,3-8H2,1-2H3,(H2,13,14,15). The Kier molecular flexibility index (Phi) is 4.33. The lowest BCUT2D eigenvalue weighted by Crippen LogP contribution is -2.33. The molecule has 1 aliphatic carbocycles. The van der Waals surface area contributed by atoms with Gasteiger partial charge in [-0.1, -0.05) is 32.1 Å². The molecule has 0 spiro atoms. The van der Waals surface area contributed by atoms with E-state index < -0.39 is 12.8 Å². The molecule has 0 aliphatic heterocycles. The minimum atomic E-state index is -4.34. The Balaban J connectivity index is 2.60. The van der Waals surface area contributed by atoms with Crippen LogP contribution >= 0.6 is 7.60 Å². The molecule has 2 N–H and O–H groups in total. The van der Waals surface area contributed by atoms with Crippen molar-refractivity contribution in [3.63, 3.8) is 0 Å². The number of hydrogen-bond donors (Lipinski definition) is 2. The van der Waals surface area contributed by atoms with Gasteiger partial charge < -0.3 is 9.79 Å². The van der Waals surface area contributed by atoms with E-state index in [1.165, 1.54) is 20.3 Å². The van der Waals surface area contributed by atoms with Crippen molar-refractivity contribution in [3.8, 4) is 0 Å². The molecule has 94 valence electrons. The maximum absolute atomic E-state index is 11.9. The third-order valence-electron chi connectivity index (χ3n) is 3.61. The minimum absolute atomic E-state index is 0.298. The molecule has 0 bridgehead atoms. The highest BCUT2D eigenvalue weighted by Crippen LogP contribution is 2.51. The van der Waals surface area contributed by atoms with Crippen LogP contribution in [0, 0.1) is 5.92 Å². The van der Waals surface area contributed by atoms with E-state index in [9.17, 15) is 9.36 Å². The Morgan fingerprint density at radius 1 is 1.25 bits per heavy atom. The second-order valence-electron chi connectivity index (χ2n) is 5.23. The number of rotatable bonds is 4. The average molecular weight is 248 g/mol. The van der Waals surface area contributed by atoms with Gasteiger partial charge in [-0.3, -0.25) is 9.36 Å². The predicted octanol–water partition coefficient (Wildman–Crippen LogP) is 2.48. The van der Waals surface area contributed by atoms with Gasteiger partial charge in [0.05, 0.1) is 0 Å². The topological polar surface area (TPSA) is 74.6 Å². The second kappa shape index (κ2) is 4.99. The van der Waals surface area contributed by atoms with E-state index in [4.69, 9.17) is 9.79 Å². The summed E-state index contributed by atoms with van der Waals surface area (Å²) in [5.41, 5.74) is 0. The lowest BCUT2D eigenvalue weighted by molar-refractivity contribution is -0.122. The molecule has 0 atom stereocenters. The van der Waals surface area contributed by atoms with Crippen LogP contribution in [0.1, 0.15) is 52.4 Å². The van der Waals surface area contributed by atoms with Crippen molar-refractivity contribution in [1.29, 1.82) is 0 Å². The fourth-order valence-corrected chi connectivity index (χ4v) is 2.48. The first-order chi connectivity index (χ1) is 7.25. The van der Waals surface area contributed by atoms with E-state index in [2.05, 4.69) is 0 Å². The molecule has 0 radical (unpaired) electrons. The summed E-state index contributed by atoms with van der Waals surface area (Å²) in [6, 6.07) is 0. The number of ketones is 1. The van der Waals surface area contributed by atoms with Gasteiger partial charge in [-0.15, -0.1) is 0 Å². The van der Waals surface area contributed by atoms with E-state index in [1.807, 2.05) is 0 Å². The van der Waals surface area contributed by atoms with Gasteiger partial charge in [0.1, 0.15) is 5.16 Å². The van der Waals surface area contributed by atoms with E-state index in [-0.39, 0.29) is 5.78 Å². The van der Waals surface area contributed by atoms with E-state index in [1.54, 1.807) is 0 Å². The number of carbonyl (C=O) groups excluding carboxylic acids is 1. The Morgan fingerprint density at radius 2 is 1.75 bits per heavy atom. The van der Waals surface area contributed by atoms with Crippen LogP contribution in [0.15, 0.2) is 0 Å². The van der Waals surface area contributed by atoms with Crippen molar-refractivity contribution in [1.82, 2.24) is 0 Å². The van der Waals surface area contributed by atoms with Crippen LogP contribution in [0.2, 0.25) is 0 Å². The van der Waals surface area contributed by atoms with Crippen molar-refractivity contribution in [2.45, 2.75) is 57.5 Å². The molecule has 0 unspecified atom stereocenters. The molecule has 0 heterocycles. The van der Waals surface area contributed by atoms with Crippen LogP contribution in [0.3, 0.4) is 0 Å². The Labute approximate surface area is 96.6 Å². The summed E-state index contributed by atoms with van der Waals surface area (Å²) in [4.78, 5) is 30.2. The van der Waals surface area contributed by atoms with Gasteiger partial charge in [-0.25, -0.2) is 0 Å². The summed E-state index contributed by atoms with van der Waals surface area (Å²) in [6.45, 7) is 2.69. The molecule has 1 aliphatic rings. The van der Waals surface area contributed by atoms with Gasteiger partial charge in [0.15, 0.2) is 5.78 Å². The monoisotopic (exact) mass is 248 g/mol. The second-order valence-corrected chi connectivity index (χ2v) is 7.44. The fraction of sp³-hybridized carbons (Fsp3) is 0.909. The lowest BCUT2D eigenvalue weighted by Gasteiger charge is -2.28. The quantitative estimate of drug-likeness (QED) is 0.749. The number of carbonyl (C=O) groups is 1. The zero-order valence-corrected chi connectivity index (χ0v) is 10.9. The summed E-state index contributed by atoms with van der Waals surface area (Å²) in [7, 11) is -4.34. The van der Waals surface area contributed by atoms with E-state index in [0.717, 1.165) is 25.7 Å². The van der Waals surface area contributed by atoms with Gasteiger partial charge in [-0.05, 0) is 19.8 Å². The molecular weight excluding hydrogens is 227 g/mol. The molecule has 16 heavy (non-hydrogen) atoms. The maximum atomic E-state index is 11.9. The van der Waals surface area contributed by atoms with E-state index >= 15 is 0 Å². The molecule has 5 heteroatoms. The average Bonchev–Trinajstić information content (AvgIpc) is 2.17. The van der Waals surface area contributed by atoms with Gasteiger partial charge in [0.25, 0.3) is 0 Å². The molecule has 1 rings (SSSR count). The van der Waals surface area contributed by atoms with Gasteiger partial charge in [0, 0.05) is 6.42 Å². The molecule has 0 aromatic rings. The molecule has 0 aromatic heterocycles. The molecule has 0 saturated heterocycles. The van der Waals surface area contributed by atoms with Crippen molar-refractivity contribution < 1.29 is 19.1 Å². The maximum Gasteiger partial charge on any atom is 0.338 e. The first-order valence-electron chi connectivity index (χ1n) is 5.84. The first kappa shape index (κ1) is 13.9. The fourth-order valence-electron chi connectivity index (χ4n) is 2.07. The smallest absolute Gasteiger partial charge is 0.324 e. The summed E-state index contributed by atoms with van der Waals surface area (Å²) in [5, 5.41) is -1.52. The van der Waals surface area contributed by atoms with Crippen molar-refractivity contribution in [2.24, 2.45) is 5.92 Å². The molecule has 0 amide bonds. The summed E-state index contributed by atoms with van der Waals surface area (Å²) in [6.07, 6.45) is 5.83. The number of Topliss-reactive ketones (excluding diaryl/α,β-unsaturated/α-hetero) is 1. The van der Waals surface area contributed by atoms with Crippen LogP contribution in [0.25, 0.3) is 0 Å². The Hall–Kier alpha value is -0.180. The minimum Gasteiger partial charge on any atom is -0.324 e. The van der Waals surface area contributed by atoms with Crippen molar-refractivity contribution in [2.75, 3.05) is 0 Å². The third-order valence-corrected chi connectivity index (χ3v) is 5.32. The van der Waals surface area contributed by atoms with Gasteiger partial charge in [0.2, 0.25) is 0 Å². The Morgan fingerprint density at radius 3 is 2.19 bits per heavy atom. The van der Waals surface area contributed by atoms with Crippen LogP contribution in [0.5, 0.6) is 0 Å². The zero-order valence-electron chi connectivity index (χ0n) is 9.98. The summed E-state index contributed by atoms with van der Waals surface area (Å²) < 4.78 is 11.2. The summed E-state index contributed by atoms with van der Waals surface area (Å²) >= 11 is 0. The van der Waals surface area contributed by atoms with Gasteiger partial charge >= 0.3 is 7.60 Å². The van der Waals surface area contributed by atoms with Crippen LogP contribution in [-0.2, 0) is 9.36 Å². The highest BCUT2D eigenvalue weighted by molar-refractivity contribution is 7.54. The van der Waals surface area contributed by atoms with Crippen LogP contribution < -0.4 is 0 Å². The van der Waals surface area contributed by atoms with Crippen LogP contribution in [-0.4, -0.2) is 20.7 Å². The first-order valence-corrected chi connectivity index (χ1v) is 7.45. The molecule has 4 nitrogen and oxygen atoms in total. The SMILES string of the molecule is CC(C)(C(=O)CC1CCCCC1)P(=O)(O)O. The largest absolute Gasteiger partial charge is 0.338 e. The molecular formula is C11H21O4P. The van der Waals surface area contributed by atoms with Gasteiger partial charge in [-0.2, -0.15) is 0 Å². The Bertz CT molecular complexity index is 299. The summed E-state index contributed by atoms with van der Waals surface area (Å²) in [5.74, 6) is 0.0276. The normalized spacial score (nSPS) is 19.8. The van der Waals surface area contributed by atoms with Crippen molar-refractivity contribution >= 4 is 13.4 Å². The van der Waals surface area contributed by atoms with Crippen molar-refractivity contribution in [3.05, 3.63) is 0 Å². The number of hydrogen-bond acceptors (Lipinski definition) is 2. The molecule has 1 saturated carbocycles. The van der Waals surface area contributed by atoms with E-state index in [0.29, 0.717) is 12.3 Å².